The van der Waals surface area contributed by atoms with E-state index >= 15 is 0 Å². The number of fused-ring (bicyclic) bond motifs is 5. The zero-order valence-corrected chi connectivity index (χ0v) is 26.4. The topological polar surface area (TPSA) is 8.17 Å². The van der Waals surface area contributed by atoms with Gasteiger partial charge in [0, 0.05) is 38.2 Å². The number of hydrogen-bond donors (Lipinski definition) is 0. The molecule has 0 saturated carbocycles. The van der Waals surface area contributed by atoms with Crippen LogP contribution in [0.4, 0.5) is 17.1 Å². The molecule has 0 N–H and O–H groups in total. The zero-order valence-electron chi connectivity index (χ0n) is 25.6. The molecule has 7 aromatic carbocycles. The monoisotopic (exact) mass is 618 g/mol. The zero-order chi connectivity index (χ0) is 31.2. The van der Waals surface area contributed by atoms with Crippen LogP contribution in [0.25, 0.3) is 59.1 Å². The van der Waals surface area contributed by atoms with Crippen LogP contribution in [0.3, 0.4) is 0 Å². The van der Waals surface area contributed by atoms with Gasteiger partial charge in [0.15, 0.2) is 0 Å². The second-order valence-corrected chi connectivity index (χ2v) is 12.8. The highest BCUT2D eigenvalue weighted by molar-refractivity contribution is 7.27. The Bertz CT molecular complexity index is 2480. The molecule has 0 atom stereocenters. The van der Waals surface area contributed by atoms with Crippen molar-refractivity contribution in [1.82, 2.24) is 4.57 Å². The van der Waals surface area contributed by atoms with Gasteiger partial charge in [0.05, 0.1) is 15.7 Å². The molecule has 2 nitrogen and oxygen atoms in total. The molecule has 0 bridgehead atoms. The second kappa shape index (κ2) is 11.5. The molecule has 0 aliphatic rings. The molecule has 0 unspecified atom stereocenters. The smallest absolute Gasteiger partial charge is 0.0727 e. The molecule has 222 valence electrons. The minimum atomic E-state index is 1.12. The van der Waals surface area contributed by atoms with E-state index < -0.39 is 0 Å². The largest absolute Gasteiger partial charge is 0.311 e. The van der Waals surface area contributed by atoms with Gasteiger partial charge >= 0.3 is 0 Å². The predicted octanol–water partition coefficient (Wildman–Crippen LogP) is 12.8. The van der Waals surface area contributed by atoms with Crippen LogP contribution in [-0.2, 0) is 0 Å². The summed E-state index contributed by atoms with van der Waals surface area (Å²) in [6.07, 6.45) is 0. The highest BCUT2D eigenvalue weighted by atomic mass is 32.1. The molecule has 0 aliphatic carbocycles. The number of thiophene rings is 1. The molecule has 2 heterocycles. The van der Waals surface area contributed by atoms with Crippen LogP contribution in [0, 0.1) is 0 Å². The van der Waals surface area contributed by atoms with E-state index in [1.165, 1.54) is 59.1 Å². The van der Waals surface area contributed by atoms with E-state index in [4.69, 9.17) is 0 Å². The molecule has 0 fully saturated rings. The van der Waals surface area contributed by atoms with E-state index in [2.05, 4.69) is 191 Å². The summed E-state index contributed by atoms with van der Waals surface area (Å²) < 4.78 is 5.08. The van der Waals surface area contributed by atoms with Gasteiger partial charge in [-0.3, -0.25) is 0 Å². The van der Waals surface area contributed by atoms with Crippen molar-refractivity contribution in [2.24, 2.45) is 0 Å². The minimum Gasteiger partial charge on any atom is -0.311 e. The van der Waals surface area contributed by atoms with Crippen molar-refractivity contribution < 1.29 is 0 Å². The fraction of sp³-hybridized carbons (Fsp3) is 0. The Kier molecular flexibility index (Phi) is 6.69. The maximum absolute atomic E-state index is 2.43. The van der Waals surface area contributed by atoms with Gasteiger partial charge in [0.1, 0.15) is 0 Å². The standard InChI is InChI=1S/C44H30N2S/c1-4-13-31(14-5-1)32-23-27-36(28-24-32)45(34-15-6-2-7-16-34)37-29-25-33(26-30-37)38-20-12-21-40-42-44(47-43(38)40)39-19-10-11-22-41(39)46(42)35-17-8-3-9-18-35/h1-30H. The molecule has 3 heteroatoms. The van der Waals surface area contributed by atoms with E-state index in [0.717, 1.165) is 17.1 Å². The summed E-state index contributed by atoms with van der Waals surface area (Å²) in [6, 6.07) is 65.3. The molecule has 0 spiro atoms. The van der Waals surface area contributed by atoms with Crippen LogP contribution in [-0.4, -0.2) is 4.57 Å². The van der Waals surface area contributed by atoms with Crippen LogP contribution >= 0.6 is 11.3 Å². The Balaban J connectivity index is 1.15. The maximum Gasteiger partial charge on any atom is 0.0727 e. The van der Waals surface area contributed by atoms with Gasteiger partial charge in [-0.2, -0.15) is 0 Å². The van der Waals surface area contributed by atoms with Gasteiger partial charge in [-0.05, 0) is 76.9 Å². The van der Waals surface area contributed by atoms with E-state index in [1.54, 1.807) is 0 Å². The lowest BCUT2D eigenvalue weighted by Crippen LogP contribution is -2.09. The average molecular weight is 619 g/mol. The van der Waals surface area contributed by atoms with Crippen molar-refractivity contribution in [3.8, 4) is 27.9 Å². The number of para-hydroxylation sites is 3. The van der Waals surface area contributed by atoms with Crippen LogP contribution in [0.2, 0.25) is 0 Å². The highest BCUT2D eigenvalue weighted by Crippen LogP contribution is 2.46. The molecule has 9 rings (SSSR count). The fourth-order valence-corrected chi connectivity index (χ4v) is 8.17. The van der Waals surface area contributed by atoms with Gasteiger partial charge in [0.2, 0.25) is 0 Å². The number of aromatic nitrogens is 1. The summed E-state index contributed by atoms with van der Waals surface area (Å²) in [5.74, 6) is 0. The summed E-state index contributed by atoms with van der Waals surface area (Å²) in [5, 5.41) is 2.58. The molecule has 0 amide bonds. The first-order valence-electron chi connectivity index (χ1n) is 15.9. The van der Waals surface area contributed by atoms with E-state index in [-0.39, 0.29) is 0 Å². The van der Waals surface area contributed by atoms with Gasteiger partial charge in [-0.15, -0.1) is 11.3 Å². The van der Waals surface area contributed by atoms with Crippen molar-refractivity contribution in [2.45, 2.75) is 0 Å². The van der Waals surface area contributed by atoms with Crippen molar-refractivity contribution in [3.63, 3.8) is 0 Å². The first-order chi connectivity index (χ1) is 23.3. The quantitative estimate of drug-likeness (QED) is 0.180. The Morgan fingerprint density at radius 3 is 1.62 bits per heavy atom. The van der Waals surface area contributed by atoms with Crippen molar-refractivity contribution in [1.29, 1.82) is 0 Å². The van der Waals surface area contributed by atoms with E-state index in [9.17, 15) is 0 Å². The molecule has 9 aromatic rings. The highest BCUT2D eigenvalue weighted by Gasteiger charge is 2.20. The molecule has 0 radical (unpaired) electrons. The summed E-state index contributed by atoms with van der Waals surface area (Å²) in [5.41, 5.74) is 12.0. The summed E-state index contributed by atoms with van der Waals surface area (Å²) in [4.78, 5) is 2.33. The SMILES string of the molecule is c1ccc(-c2ccc(N(c3ccccc3)c3ccc(-c4cccc5c4sc4c6ccccc6n(-c6ccccc6)c54)cc3)cc2)cc1. The minimum absolute atomic E-state index is 1.12. The normalized spacial score (nSPS) is 11.4. The fourth-order valence-electron chi connectivity index (χ4n) is 6.81. The van der Waals surface area contributed by atoms with E-state index in [1.807, 2.05) is 11.3 Å². The molecule has 2 aromatic heterocycles. The molecule has 0 aliphatic heterocycles. The van der Waals surface area contributed by atoms with Crippen LogP contribution in [0.1, 0.15) is 0 Å². The van der Waals surface area contributed by atoms with Crippen molar-refractivity contribution in [3.05, 3.63) is 182 Å². The predicted molar refractivity (Wildman–Crippen MR) is 202 cm³/mol. The molecular formula is C44H30N2S. The van der Waals surface area contributed by atoms with Crippen molar-refractivity contribution in [2.75, 3.05) is 4.90 Å². The van der Waals surface area contributed by atoms with Crippen LogP contribution < -0.4 is 4.90 Å². The van der Waals surface area contributed by atoms with Gasteiger partial charge in [-0.25, -0.2) is 0 Å². The maximum atomic E-state index is 2.43. The number of nitrogens with zero attached hydrogens (tertiary/aromatic N) is 2. The Morgan fingerprint density at radius 1 is 0.383 bits per heavy atom. The third-order valence-corrected chi connectivity index (χ3v) is 10.3. The van der Waals surface area contributed by atoms with Gasteiger partial charge in [0.25, 0.3) is 0 Å². The third kappa shape index (κ3) is 4.72. The van der Waals surface area contributed by atoms with Crippen LogP contribution in [0.15, 0.2) is 182 Å². The first kappa shape index (κ1) is 27.4. The summed E-state index contributed by atoms with van der Waals surface area (Å²) in [6.45, 7) is 0. The Labute approximate surface area is 278 Å². The Morgan fingerprint density at radius 2 is 0.915 bits per heavy atom. The first-order valence-corrected chi connectivity index (χ1v) is 16.8. The average Bonchev–Trinajstić information content (AvgIpc) is 3.69. The second-order valence-electron chi connectivity index (χ2n) is 11.8. The summed E-state index contributed by atoms with van der Waals surface area (Å²) >= 11 is 1.90. The van der Waals surface area contributed by atoms with Crippen LogP contribution in [0.5, 0.6) is 0 Å². The molecular weight excluding hydrogens is 589 g/mol. The number of rotatable bonds is 6. The Hall–Kier alpha value is -5.90. The number of anilines is 3. The van der Waals surface area contributed by atoms with Gasteiger partial charge in [-0.1, -0.05) is 127 Å². The molecule has 47 heavy (non-hydrogen) atoms. The summed E-state index contributed by atoms with van der Waals surface area (Å²) in [7, 11) is 0. The number of hydrogen-bond acceptors (Lipinski definition) is 2. The third-order valence-electron chi connectivity index (χ3n) is 9.00. The van der Waals surface area contributed by atoms with Crippen molar-refractivity contribution >= 4 is 59.6 Å². The lowest BCUT2D eigenvalue weighted by atomic mass is 10.0. The molecule has 0 saturated heterocycles. The number of benzene rings is 7. The lowest BCUT2D eigenvalue weighted by molar-refractivity contribution is 1.19. The lowest BCUT2D eigenvalue weighted by Gasteiger charge is -2.26. The van der Waals surface area contributed by atoms with Gasteiger partial charge < -0.3 is 9.47 Å². The van der Waals surface area contributed by atoms with E-state index in [0.29, 0.717) is 0 Å².